The summed E-state index contributed by atoms with van der Waals surface area (Å²) in [5, 5.41) is 2.58. The van der Waals surface area contributed by atoms with E-state index in [1.165, 1.54) is 0 Å². The number of esters is 4. The quantitative estimate of drug-likeness (QED) is 0.242. The molecule has 0 spiro atoms. The predicted octanol–water partition coefficient (Wildman–Crippen LogP) is 1.77. The first-order chi connectivity index (χ1) is 16.0. The number of hydrogen-bond donors (Lipinski definition) is 1. The van der Waals surface area contributed by atoms with Gasteiger partial charge >= 0.3 is 30.0 Å². The first-order valence-corrected chi connectivity index (χ1v) is 11.3. The molecule has 0 aromatic rings. The zero-order chi connectivity index (χ0) is 25.7. The second kappa shape index (κ2) is 15.1. The highest BCUT2D eigenvalue weighted by Crippen LogP contribution is 2.30. The Bertz CT molecular complexity index is 711. The summed E-state index contributed by atoms with van der Waals surface area (Å²) in [4.78, 5) is 58.9. The molecule has 0 radical (unpaired) electrons. The fraction of sp³-hybridized carbons (Fsp3) is 0.773. The number of unbranched alkanes of at least 4 members (excludes halogenated alkanes) is 4. The van der Waals surface area contributed by atoms with Crippen LogP contribution < -0.4 is 5.32 Å². The summed E-state index contributed by atoms with van der Waals surface area (Å²) in [6.45, 7) is 6.53. The maximum atomic E-state index is 12.4. The van der Waals surface area contributed by atoms with Crippen molar-refractivity contribution in [3.8, 4) is 0 Å². The van der Waals surface area contributed by atoms with E-state index in [9.17, 15) is 24.0 Å². The van der Waals surface area contributed by atoms with E-state index in [-0.39, 0.29) is 0 Å². The minimum Gasteiger partial charge on any atom is -0.463 e. The molecule has 1 aliphatic rings. The Labute approximate surface area is 198 Å². The largest absolute Gasteiger partial charge is 0.463 e. The van der Waals surface area contributed by atoms with Crippen molar-refractivity contribution in [2.24, 2.45) is 0 Å². The van der Waals surface area contributed by atoms with E-state index in [1.54, 1.807) is 0 Å². The van der Waals surface area contributed by atoms with Crippen molar-refractivity contribution in [2.75, 3.05) is 13.2 Å². The lowest BCUT2D eigenvalue weighted by Crippen LogP contribution is -2.63. The number of hydrogen-bond acceptors (Lipinski definition) is 11. The third-order valence-corrected chi connectivity index (χ3v) is 4.72. The zero-order valence-corrected chi connectivity index (χ0v) is 20.3. The van der Waals surface area contributed by atoms with Gasteiger partial charge in [0.1, 0.15) is 12.7 Å². The molecule has 1 amide bonds. The molecule has 1 fully saturated rings. The predicted molar refractivity (Wildman–Crippen MR) is 115 cm³/mol. The molecule has 5 atom stereocenters. The van der Waals surface area contributed by atoms with Gasteiger partial charge in [0.05, 0.1) is 0 Å². The van der Waals surface area contributed by atoms with Crippen molar-refractivity contribution in [3.63, 3.8) is 0 Å². The van der Waals surface area contributed by atoms with Crippen LogP contribution in [0.15, 0.2) is 0 Å². The van der Waals surface area contributed by atoms with Gasteiger partial charge in [-0.25, -0.2) is 4.79 Å². The smallest absolute Gasteiger partial charge is 0.409 e. The third-order valence-electron chi connectivity index (χ3n) is 4.72. The van der Waals surface area contributed by atoms with Crippen LogP contribution in [0.25, 0.3) is 0 Å². The highest BCUT2D eigenvalue weighted by Gasteiger charge is 2.53. The Kier molecular flexibility index (Phi) is 12.9. The van der Waals surface area contributed by atoms with Crippen LogP contribution in [0.4, 0.5) is 4.79 Å². The molecule has 194 valence electrons. The Balaban J connectivity index is 3.06. The van der Waals surface area contributed by atoms with Crippen LogP contribution in [0, 0.1) is 0 Å². The lowest BCUT2D eigenvalue weighted by atomic mass is 9.98. The summed E-state index contributed by atoms with van der Waals surface area (Å²) in [6, 6.07) is 0. The van der Waals surface area contributed by atoms with E-state index in [4.69, 9.17) is 28.4 Å². The average molecular weight is 490 g/mol. The van der Waals surface area contributed by atoms with Crippen LogP contribution in [0.1, 0.15) is 66.7 Å². The van der Waals surface area contributed by atoms with Crippen LogP contribution in [0.5, 0.6) is 0 Å². The van der Waals surface area contributed by atoms with Crippen LogP contribution >= 0.6 is 0 Å². The molecule has 0 aliphatic carbocycles. The fourth-order valence-corrected chi connectivity index (χ4v) is 3.35. The molecule has 12 nitrogen and oxygen atoms in total. The summed E-state index contributed by atoms with van der Waals surface area (Å²) in [5.74, 6) is -2.95. The van der Waals surface area contributed by atoms with Crippen molar-refractivity contribution in [1.82, 2.24) is 5.32 Å². The maximum Gasteiger partial charge on any atom is 0.409 e. The molecule has 1 N–H and O–H groups in total. The first-order valence-electron chi connectivity index (χ1n) is 11.3. The Hall–Kier alpha value is -2.89. The monoisotopic (exact) mass is 489 g/mol. The first kappa shape index (κ1) is 29.1. The summed E-state index contributed by atoms with van der Waals surface area (Å²) in [5.41, 5.74) is 0. The van der Waals surface area contributed by atoms with E-state index in [0.717, 1.165) is 59.8 Å². The van der Waals surface area contributed by atoms with Gasteiger partial charge in [-0.15, -0.1) is 0 Å². The summed E-state index contributed by atoms with van der Waals surface area (Å²) in [7, 11) is 0. The molecule has 0 aromatic carbocycles. The number of nitrogens with one attached hydrogen (secondary N) is 1. The number of amides is 1. The van der Waals surface area contributed by atoms with Gasteiger partial charge < -0.3 is 33.7 Å². The maximum absolute atomic E-state index is 12.4. The molecule has 0 bridgehead atoms. The molecule has 1 heterocycles. The van der Waals surface area contributed by atoms with Gasteiger partial charge in [-0.05, 0) is 6.42 Å². The number of rotatable bonds is 12. The van der Waals surface area contributed by atoms with Gasteiger partial charge in [-0.1, -0.05) is 32.6 Å². The molecule has 12 heteroatoms. The van der Waals surface area contributed by atoms with Gasteiger partial charge in [0, 0.05) is 34.2 Å². The fourth-order valence-electron chi connectivity index (χ4n) is 3.35. The standard InChI is InChI=1S/C22H35NO11/c1-6-7-8-9-10-11-23-22(28)34-21-20(32-16(5)27)19(31-15(4)26)18(30-14(3)25)17(33-21)12-29-13(2)24/h17-21H,6-12H2,1-5H3,(H,23,28)/t17-,18+,19+,20-,21+/m1/s1. The van der Waals surface area contributed by atoms with Crippen LogP contribution in [0.2, 0.25) is 0 Å². The van der Waals surface area contributed by atoms with Gasteiger partial charge in [0.2, 0.25) is 12.4 Å². The average Bonchev–Trinajstić information content (AvgIpc) is 2.72. The molecule has 0 saturated carbocycles. The van der Waals surface area contributed by atoms with Crippen molar-refractivity contribution < 1.29 is 52.4 Å². The van der Waals surface area contributed by atoms with E-state index < -0.39 is 67.3 Å². The van der Waals surface area contributed by atoms with Gasteiger partial charge in [0.25, 0.3) is 0 Å². The Morgan fingerprint density at radius 3 is 1.82 bits per heavy atom. The molecule has 34 heavy (non-hydrogen) atoms. The molecule has 1 aliphatic heterocycles. The van der Waals surface area contributed by atoms with Gasteiger partial charge in [-0.3, -0.25) is 19.2 Å². The SMILES string of the molecule is CCCCCCCNC(=O)O[C@@H]1O[C@H](COC(C)=O)[C@H](OC(C)=O)[C@H](OC(C)=O)[C@H]1OC(C)=O. The third kappa shape index (κ3) is 10.8. The zero-order valence-electron chi connectivity index (χ0n) is 20.3. The number of carbonyl (C=O) groups excluding carboxylic acids is 5. The summed E-state index contributed by atoms with van der Waals surface area (Å²) < 4.78 is 31.7. The van der Waals surface area contributed by atoms with Crippen molar-refractivity contribution in [2.45, 2.75) is 97.4 Å². The Morgan fingerprint density at radius 1 is 0.706 bits per heavy atom. The van der Waals surface area contributed by atoms with E-state index >= 15 is 0 Å². The van der Waals surface area contributed by atoms with Crippen LogP contribution in [0.3, 0.4) is 0 Å². The summed E-state index contributed by atoms with van der Waals surface area (Å²) in [6.07, 6.45) is -2.80. The van der Waals surface area contributed by atoms with E-state index in [1.807, 2.05) is 0 Å². The van der Waals surface area contributed by atoms with Gasteiger partial charge in [-0.2, -0.15) is 0 Å². The Morgan fingerprint density at radius 2 is 1.26 bits per heavy atom. The normalized spacial score (nSPS) is 23.9. The molecule has 1 saturated heterocycles. The second-order valence-electron chi connectivity index (χ2n) is 7.81. The summed E-state index contributed by atoms with van der Waals surface area (Å²) >= 11 is 0. The van der Waals surface area contributed by atoms with Crippen molar-refractivity contribution >= 4 is 30.0 Å². The van der Waals surface area contributed by atoms with E-state index in [2.05, 4.69) is 12.2 Å². The molecule has 0 unspecified atom stereocenters. The highest BCUT2D eigenvalue weighted by molar-refractivity contribution is 5.69. The lowest BCUT2D eigenvalue weighted by Gasteiger charge is -2.43. The van der Waals surface area contributed by atoms with Gasteiger partial charge in [0.15, 0.2) is 12.2 Å². The topological polar surface area (TPSA) is 153 Å². The minimum atomic E-state index is -1.54. The minimum absolute atomic E-state index is 0.355. The number of carbonyl (C=O) groups is 5. The highest BCUT2D eigenvalue weighted by atomic mass is 16.8. The molecular weight excluding hydrogens is 454 g/mol. The number of alkyl carbamates (subject to hydrolysis) is 1. The van der Waals surface area contributed by atoms with Crippen molar-refractivity contribution in [3.05, 3.63) is 0 Å². The molecular formula is C22H35NO11. The lowest BCUT2D eigenvalue weighted by molar-refractivity contribution is -0.294. The second-order valence-corrected chi connectivity index (χ2v) is 7.81. The van der Waals surface area contributed by atoms with Crippen molar-refractivity contribution in [1.29, 1.82) is 0 Å². The van der Waals surface area contributed by atoms with E-state index in [0.29, 0.717) is 6.54 Å². The molecule has 0 aromatic heterocycles. The van der Waals surface area contributed by atoms with Crippen LogP contribution in [-0.2, 0) is 47.6 Å². The molecule has 1 rings (SSSR count). The van der Waals surface area contributed by atoms with Crippen LogP contribution in [-0.4, -0.2) is 73.8 Å². The number of ether oxygens (including phenoxy) is 6.